The lowest BCUT2D eigenvalue weighted by Gasteiger charge is -2.36. The van der Waals surface area contributed by atoms with Crippen molar-refractivity contribution in [3.05, 3.63) is 59.3 Å². The van der Waals surface area contributed by atoms with Gasteiger partial charge in [0, 0.05) is 16.6 Å². The highest BCUT2D eigenvalue weighted by molar-refractivity contribution is 6.88. The van der Waals surface area contributed by atoms with E-state index in [2.05, 4.69) is 74.1 Å². The largest absolute Gasteiger partial charge is 0.368 e. The maximum atomic E-state index is 13.1. The molecule has 0 bridgehead atoms. The number of para-hydroxylation sites is 1. The second-order valence-corrected chi connectivity index (χ2v) is 14.7. The number of carbonyl (C=O) groups is 1. The van der Waals surface area contributed by atoms with Crippen molar-refractivity contribution in [2.45, 2.75) is 64.8 Å². The van der Waals surface area contributed by atoms with Crippen LogP contribution < -0.4 is 10.5 Å². The zero-order valence-corrected chi connectivity index (χ0v) is 20.4. The number of aryl methyl sites for hydroxylation is 1. The molecule has 2 N–H and O–H groups in total. The van der Waals surface area contributed by atoms with Crippen LogP contribution in [0.5, 0.6) is 0 Å². The number of amides is 1. The number of carbonyl (C=O) groups excluding carboxylic acids is 1. The van der Waals surface area contributed by atoms with Crippen molar-refractivity contribution in [2.24, 2.45) is 0 Å². The minimum absolute atomic E-state index is 0.00942. The van der Waals surface area contributed by atoms with Gasteiger partial charge in [0.1, 0.15) is 5.60 Å². The lowest BCUT2D eigenvalue weighted by atomic mass is 9.86. The third-order valence-corrected chi connectivity index (χ3v) is 8.71. The molecule has 1 aromatic heterocycles. The summed E-state index contributed by atoms with van der Waals surface area (Å²) in [5.74, 6) is -0.00942. The Balaban J connectivity index is 1.61. The summed E-state index contributed by atoms with van der Waals surface area (Å²) < 4.78 is 6.33. The number of anilines is 1. The van der Waals surface area contributed by atoms with Crippen LogP contribution in [0.25, 0.3) is 10.9 Å². The molecule has 0 saturated heterocycles. The fourth-order valence-electron chi connectivity index (χ4n) is 4.76. The number of fused-ring (bicyclic) bond motifs is 3. The topological polar surface area (TPSA) is 54.1 Å². The number of aromatic nitrogens is 1. The molecule has 1 amide bonds. The normalized spacial score (nSPS) is 18.7. The number of hydrogen-bond acceptors (Lipinski definition) is 2. The number of aromatic amines is 1. The minimum Gasteiger partial charge on any atom is -0.368 e. The van der Waals surface area contributed by atoms with Crippen LogP contribution in [0, 0.1) is 0 Å². The molecule has 1 aliphatic heterocycles. The molecule has 0 spiro atoms. The van der Waals surface area contributed by atoms with Crippen LogP contribution in [0.4, 0.5) is 5.69 Å². The van der Waals surface area contributed by atoms with Crippen LogP contribution in [0.2, 0.25) is 19.6 Å². The SMILES string of the molecule is CCc1cccc2c3c([nH]c12)C(CC)(CC(=O)Nc1ccc([Si](C)(C)C)cc1)OCC3. The summed E-state index contributed by atoms with van der Waals surface area (Å²) in [4.78, 5) is 16.7. The van der Waals surface area contributed by atoms with Crippen molar-refractivity contribution in [1.82, 2.24) is 4.98 Å². The molecule has 31 heavy (non-hydrogen) atoms. The molecule has 164 valence electrons. The highest BCUT2D eigenvalue weighted by Gasteiger charge is 2.41. The van der Waals surface area contributed by atoms with Gasteiger partial charge < -0.3 is 15.0 Å². The fourth-order valence-corrected chi connectivity index (χ4v) is 5.93. The van der Waals surface area contributed by atoms with E-state index in [9.17, 15) is 4.79 Å². The minimum atomic E-state index is -1.35. The molecule has 1 aliphatic rings. The van der Waals surface area contributed by atoms with E-state index in [1.54, 1.807) is 0 Å². The monoisotopic (exact) mass is 434 g/mol. The second kappa shape index (κ2) is 8.28. The average molecular weight is 435 g/mol. The van der Waals surface area contributed by atoms with Crippen molar-refractivity contribution in [3.8, 4) is 0 Å². The Kier molecular flexibility index (Phi) is 5.84. The van der Waals surface area contributed by atoms with Crippen LogP contribution in [-0.4, -0.2) is 25.6 Å². The highest BCUT2D eigenvalue weighted by Crippen LogP contribution is 2.42. The molecular formula is C26H34N2O2Si. The average Bonchev–Trinajstić information content (AvgIpc) is 3.13. The molecular weight excluding hydrogens is 400 g/mol. The van der Waals surface area contributed by atoms with Gasteiger partial charge in [-0.05, 0) is 42.5 Å². The van der Waals surface area contributed by atoms with Crippen LogP contribution in [0.1, 0.15) is 43.5 Å². The summed E-state index contributed by atoms with van der Waals surface area (Å²) in [6, 6.07) is 14.8. The van der Waals surface area contributed by atoms with Gasteiger partial charge in [0.25, 0.3) is 0 Å². The molecule has 0 aliphatic carbocycles. The maximum absolute atomic E-state index is 13.1. The van der Waals surface area contributed by atoms with E-state index in [1.165, 1.54) is 27.2 Å². The van der Waals surface area contributed by atoms with Gasteiger partial charge in [-0.25, -0.2) is 0 Å². The zero-order valence-electron chi connectivity index (χ0n) is 19.4. The molecule has 1 atom stereocenters. The molecule has 2 heterocycles. The van der Waals surface area contributed by atoms with Gasteiger partial charge in [0.15, 0.2) is 0 Å². The van der Waals surface area contributed by atoms with Gasteiger partial charge in [0.05, 0.1) is 26.8 Å². The van der Waals surface area contributed by atoms with Gasteiger partial charge in [-0.15, -0.1) is 0 Å². The quantitative estimate of drug-likeness (QED) is 0.505. The predicted molar refractivity (Wildman–Crippen MR) is 132 cm³/mol. The van der Waals surface area contributed by atoms with Gasteiger partial charge in [-0.3, -0.25) is 4.79 Å². The molecule has 0 fully saturated rings. The molecule has 3 aromatic rings. The second-order valence-electron chi connectivity index (χ2n) is 9.67. The first kappa shape index (κ1) is 21.8. The number of nitrogens with one attached hydrogen (secondary N) is 2. The van der Waals surface area contributed by atoms with E-state index in [-0.39, 0.29) is 5.91 Å². The molecule has 2 aromatic carbocycles. The van der Waals surface area contributed by atoms with Crippen molar-refractivity contribution >= 4 is 35.8 Å². The number of H-pyrrole nitrogens is 1. The first-order valence-electron chi connectivity index (χ1n) is 11.4. The third kappa shape index (κ3) is 4.09. The van der Waals surface area contributed by atoms with Crippen molar-refractivity contribution in [1.29, 1.82) is 0 Å². The Morgan fingerprint density at radius 3 is 2.52 bits per heavy atom. The van der Waals surface area contributed by atoms with E-state index in [4.69, 9.17) is 4.74 Å². The van der Waals surface area contributed by atoms with Crippen molar-refractivity contribution < 1.29 is 9.53 Å². The first-order chi connectivity index (χ1) is 14.8. The number of ether oxygens (including phenoxy) is 1. The molecule has 4 nitrogen and oxygen atoms in total. The van der Waals surface area contributed by atoms with Gasteiger partial charge in [0.2, 0.25) is 5.91 Å². The van der Waals surface area contributed by atoms with Gasteiger partial charge in [-0.1, -0.05) is 69.0 Å². The summed E-state index contributed by atoms with van der Waals surface area (Å²) in [5.41, 5.74) is 5.13. The summed E-state index contributed by atoms with van der Waals surface area (Å²) in [7, 11) is -1.35. The first-order valence-corrected chi connectivity index (χ1v) is 14.9. The Labute approximate surface area is 186 Å². The predicted octanol–water partition coefficient (Wildman–Crippen LogP) is 5.48. The Morgan fingerprint density at radius 2 is 1.87 bits per heavy atom. The zero-order chi connectivity index (χ0) is 22.2. The Morgan fingerprint density at radius 1 is 1.13 bits per heavy atom. The number of benzene rings is 2. The standard InChI is InChI=1S/C26H34N2O2Si/c1-6-18-9-8-10-21-22-15-16-30-26(7-2,25(22)28-24(18)21)17-23(29)27-19-11-13-20(14-12-19)31(3,4)5/h8-14,28H,6-7,15-17H2,1-5H3,(H,27,29). The maximum Gasteiger partial charge on any atom is 0.227 e. The van der Waals surface area contributed by atoms with E-state index in [1.807, 2.05) is 12.1 Å². The molecule has 0 radical (unpaired) electrons. The van der Waals surface area contributed by atoms with E-state index < -0.39 is 13.7 Å². The van der Waals surface area contributed by atoms with Crippen molar-refractivity contribution in [3.63, 3.8) is 0 Å². The van der Waals surface area contributed by atoms with E-state index >= 15 is 0 Å². The van der Waals surface area contributed by atoms with Gasteiger partial charge >= 0.3 is 0 Å². The fraction of sp³-hybridized carbons (Fsp3) is 0.423. The Hall–Kier alpha value is -2.37. The molecule has 0 saturated carbocycles. The van der Waals surface area contributed by atoms with E-state index in [0.29, 0.717) is 13.0 Å². The third-order valence-electron chi connectivity index (χ3n) is 6.65. The molecule has 5 heteroatoms. The smallest absolute Gasteiger partial charge is 0.227 e. The summed E-state index contributed by atoms with van der Waals surface area (Å²) >= 11 is 0. The summed E-state index contributed by atoms with van der Waals surface area (Å²) in [6.45, 7) is 11.9. The lowest BCUT2D eigenvalue weighted by Crippen LogP contribution is -2.39. The Bertz CT molecular complexity index is 1100. The van der Waals surface area contributed by atoms with Crippen molar-refractivity contribution in [2.75, 3.05) is 11.9 Å². The highest BCUT2D eigenvalue weighted by atomic mass is 28.3. The molecule has 4 rings (SSSR count). The van der Waals surface area contributed by atoms with Crippen LogP contribution in [0.15, 0.2) is 42.5 Å². The summed E-state index contributed by atoms with van der Waals surface area (Å²) in [5, 5.41) is 5.76. The van der Waals surface area contributed by atoms with Crippen LogP contribution >= 0.6 is 0 Å². The number of rotatable bonds is 6. The number of hydrogen-bond donors (Lipinski definition) is 2. The molecule has 1 unspecified atom stereocenters. The lowest BCUT2D eigenvalue weighted by molar-refractivity contribution is -0.128. The van der Waals surface area contributed by atoms with E-state index in [0.717, 1.165) is 30.6 Å². The summed E-state index contributed by atoms with van der Waals surface area (Å²) in [6.07, 6.45) is 2.91. The van der Waals surface area contributed by atoms with Gasteiger partial charge in [-0.2, -0.15) is 0 Å². The van der Waals surface area contributed by atoms with Crippen LogP contribution in [0.3, 0.4) is 0 Å². The van der Waals surface area contributed by atoms with Crippen LogP contribution in [-0.2, 0) is 28.0 Å².